The molecule has 1 saturated carbocycles. The quantitative estimate of drug-likeness (QED) is 0.0359. The van der Waals surface area contributed by atoms with Gasteiger partial charge < -0.3 is 9.47 Å². The van der Waals surface area contributed by atoms with Crippen molar-refractivity contribution in [1.29, 1.82) is 0 Å². The van der Waals surface area contributed by atoms with Crippen molar-refractivity contribution < 1.29 is 19.1 Å². The lowest BCUT2D eigenvalue weighted by Crippen LogP contribution is -2.40. The molecule has 1 rings (SSSR count). The summed E-state index contributed by atoms with van der Waals surface area (Å²) in [7, 11) is 0. The summed E-state index contributed by atoms with van der Waals surface area (Å²) in [6.07, 6.45) is 51.3. The Morgan fingerprint density at radius 2 is 0.529 bits per heavy atom. The van der Waals surface area contributed by atoms with Gasteiger partial charge in [-0.3, -0.25) is 9.59 Å². The highest BCUT2D eigenvalue weighted by Gasteiger charge is 2.50. The van der Waals surface area contributed by atoms with Crippen LogP contribution in [-0.4, -0.2) is 25.2 Å². The fourth-order valence-corrected chi connectivity index (χ4v) is 8.08. The van der Waals surface area contributed by atoms with E-state index in [-0.39, 0.29) is 11.9 Å². The summed E-state index contributed by atoms with van der Waals surface area (Å²) >= 11 is 0. The van der Waals surface area contributed by atoms with Crippen LogP contribution in [0.5, 0.6) is 0 Å². The lowest BCUT2D eigenvalue weighted by Gasteiger charge is -2.24. The molecule has 1 aliphatic rings. The van der Waals surface area contributed by atoms with E-state index in [9.17, 15) is 9.59 Å². The van der Waals surface area contributed by atoms with Crippen LogP contribution in [0.15, 0.2) is 0 Å². The molecule has 0 amide bonds. The van der Waals surface area contributed by atoms with Crippen molar-refractivity contribution in [1.82, 2.24) is 0 Å². The summed E-state index contributed by atoms with van der Waals surface area (Å²) in [6, 6.07) is 0. The second-order valence-corrected chi connectivity index (χ2v) is 16.6. The fraction of sp³-hybridized carbons (Fsp3) is 0.957. The van der Waals surface area contributed by atoms with Crippen molar-refractivity contribution >= 4 is 11.9 Å². The minimum Gasteiger partial charge on any atom is -0.465 e. The molecule has 0 N–H and O–H groups in total. The molecule has 0 heterocycles. The van der Waals surface area contributed by atoms with Crippen molar-refractivity contribution in [3.05, 3.63) is 0 Å². The van der Waals surface area contributed by atoms with Gasteiger partial charge in [0.2, 0.25) is 0 Å². The molecule has 0 spiro atoms. The van der Waals surface area contributed by atoms with E-state index >= 15 is 0 Å². The normalized spacial score (nSPS) is 13.9. The molecule has 4 heteroatoms. The summed E-state index contributed by atoms with van der Waals surface area (Å²) < 4.78 is 11.4. The predicted molar refractivity (Wildman–Crippen MR) is 220 cm³/mol. The first-order valence-electron chi connectivity index (χ1n) is 23.5. The third-order valence-corrected chi connectivity index (χ3v) is 11.7. The van der Waals surface area contributed by atoms with Crippen LogP contribution in [0.25, 0.3) is 0 Å². The maximum atomic E-state index is 13.1. The van der Waals surface area contributed by atoms with E-state index in [2.05, 4.69) is 13.8 Å². The topological polar surface area (TPSA) is 52.6 Å². The molecule has 0 atom stereocenters. The second-order valence-electron chi connectivity index (χ2n) is 16.6. The highest BCUT2D eigenvalue weighted by Crippen LogP contribution is 2.40. The minimum atomic E-state index is -1.04. The predicted octanol–water partition coefficient (Wildman–Crippen LogP) is 15.7. The summed E-state index contributed by atoms with van der Waals surface area (Å²) in [5.74, 6) is -0.649. The maximum Gasteiger partial charge on any atom is 0.323 e. The largest absolute Gasteiger partial charge is 0.465 e. The molecule has 0 aromatic rings. The molecule has 4 nitrogen and oxygen atoms in total. The summed E-state index contributed by atoms with van der Waals surface area (Å²) in [5, 5.41) is 0. The number of ether oxygens (including phenoxy) is 2. The molecule has 0 saturated heterocycles. The number of esters is 2. The van der Waals surface area contributed by atoms with E-state index < -0.39 is 5.41 Å². The first-order valence-corrected chi connectivity index (χ1v) is 23.5. The maximum absolute atomic E-state index is 13.1. The standard InChI is InChI=1S/C47H90O4/c1-3-5-7-9-11-13-15-17-19-21-23-25-27-29-31-33-35-39-43-50-45(48)47(41-37-38-42-47)46(49)51-44-40-36-34-32-30-28-26-24-22-20-18-16-14-12-10-8-6-4-2/h3-44H2,1-2H3. The SMILES string of the molecule is CCCCCCCCCCCCCCCCCCCCOC(=O)C1(C(=O)OCCCCCCCCCCCCCCCCCCCC)CCCC1. The number of hydrogen-bond acceptors (Lipinski definition) is 4. The molecule has 51 heavy (non-hydrogen) atoms. The summed E-state index contributed by atoms with van der Waals surface area (Å²) in [4.78, 5) is 26.1. The fourth-order valence-electron chi connectivity index (χ4n) is 8.08. The van der Waals surface area contributed by atoms with Crippen LogP contribution in [0.4, 0.5) is 0 Å². The van der Waals surface area contributed by atoms with Crippen LogP contribution < -0.4 is 0 Å². The van der Waals surface area contributed by atoms with Crippen molar-refractivity contribution in [3.8, 4) is 0 Å². The number of unbranched alkanes of at least 4 members (excludes halogenated alkanes) is 34. The van der Waals surface area contributed by atoms with Gasteiger partial charge in [0.05, 0.1) is 13.2 Å². The lowest BCUT2D eigenvalue weighted by molar-refractivity contribution is -0.172. The lowest BCUT2D eigenvalue weighted by atomic mass is 9.86. The van der Waals surface area contributed by atoms with Crippen LogP contribution in [-0.2, 0) is 19.1 Å². The molecular weight excluding hydrogens is 629 g/mol. The first-order chi connectivity index (χ1) is 25.2. The highest BCUT2D eigenvalue weighted by molar-refractivity contribution is 6.00. The highest BCUT2D eigenvalue weighted by atomic mass is 16.6. The Labute approximate surface area is 319 Å². The van der Waals surface area contributed by atoms with Gasteiger partial charge in [-0.25, -0.2) is 0 Å². The third-order valence-electron chi connectivity index (χ3n) is 11.7. The molecule has 1 fully saturated rings. The number of carbonyl (C=O) groups excluding carboxylic acids is 2. The zero-order valence-corrected chi connectivity index (χ0v) is 34.8. The van der Waals surface area contributed by atoms with Gasteiger partial charge in [-0.2, -0.15) is 0 Å². The molecule has 0 bridgehead atoms. The van der Waals surface area contributed by atoms with Crippen molar-refractivity contribution in [3.63, 3.8) is 0 Å². The Morgan fingerprint density at radius 3 is 0.745 bits per heavy atom. The van der Waals surface area contributed by atoms with E-state index in [0.717, 1.165) is 38.5 Å². The smallest absolute Gasteiger partial charge is 0.323 e. The van der Waals surface area contributed by atoms with Crippen LogP contribution in [0.2, 0.25) is 0 Å². The Bertz CT molecular complexity index is 687. The molecule has 1 aliphatic carbocycles. The third kappa shape index (κ3) is 28.1. The Balaban J connectivity index is 1.92. The molecule has 0 aliphatic heterocycles. The molecule has 0 aromatic carbocycles. The number of hydrogen-bond donors (Lipinski definition) is 0. The average molecular weight is 719 g/mol. The van der Waals surface area contributed by atoms with Crippen LogP contribution in [0, 0.1) is 5.41 Å². The monoisotopic (exact) mass is 719 g/mol. The van der Waals surface area contributed by atoms with Gasteiger partial charge in [-0.1, -0.05) is 245 Å². The molecular formula is C47H90O4. The van der Waals surface area contributed by atoms with Gasteiger partial charge in [0, 0.05) is 0 Å². The molecule has 0 aromatic heterocycles. The van der Waals surface area contributed by atoms with E-state index in [1.165, 1.54) is 205 Å². The van der Waals surface area contributed by atoms with Crippen LogP contribution >= 0.6 is 0 Å². The van der Waals surface area contributed by atoms with E-state index in [0.29, 0.717) is 26.1 Å². The van der Waals surface area contributed by atoms with Crippen molar-refractivity contribution in [2.45, 2.75) is 271 Å². The van der Waals surface area contributed by atoms with Gasteiger partial charge in [0.25, 0.3) is 0 Å². The molecule has 302 valence electrons. The number of carbonyl (C=O) groups is 2. The Kier molecular flexibility index (Phi) is 35.0. The average Bonchev–Trinajstić information content (AvgIpc) is 3.65. The van der Waals surface area contributed by atoms with E-state index in [4.69, 9.17) is 9.47 Å². The van der Waals surface area contributed by atoms with Gasteiger partial charge >= 0.3 is 11.9 Å². The molecule has 0 unspecified atom stereocenters. The first kappa shape index (κ1) is 48.0. The van der Waals surface area contributed by atoms with E-state index in [1.54, 1.807) is 0 Å². The van der Waals surface area contributed by atoms with Gasteiger partial charge in [-0.15, -0.1) is 0 Å². The minimum absolute atomic E-state index is 0.324. The zero-order valence-electron chi connectivity index (χ0n) is 34.8. The second kappa shape index (κ2) is 37.3. The van der Waals surface area contributed by atoms with E-state index in [1.807, 2.05) is 0 Å². The van der Waals surface area contributed by atoms with Gasteiger partial charge in [0.15, 0.2) is 5.41 Å². The van der Waals surface area contributed by atoms with Crippen LogP contribution in [0.3, 0.4) is 0 Å². The zero-order chi connectivity index (χ0) is 36.8. The Morgan fingerprint density at radius 1 is 0.333 bits per heavy atom. The molecule has 0 radical (unpaired) electrons. The van der Waals surface area contributed by atoms with Gasteiger partial charge in [0.1, 0.15) is 0 Å². The Hall–Kier alpha value is -1.06. The summed E-state index contributed by atoms with van der Waals surface area (Å²) in [5.41, 5.74) is -1.04. The summed E-state index contributed by atoms with van der Waals surface area (Å²) in [6.45, 7) is 5.45. The van der Waals surface area contributed by atoms with Crippen molar-refractivity contribution in [2.24, 2.45) is 5.41 Å². The van der Waals surface area contributed by atoms with Crippen molar-refractivity contribution in [2.75, 3.05) is 13.2 Å². The van der Waals surface area contributed by atoms with Crippen LogP contribution in [0.1, 0.15) is 271 Å². The van der Waals surface area contributed by atoms with Gasteiger partial charge in [-0.05, 0) is 25.7 Å². The number of rotatable bonds is 40.